The summed E-state index contributed by atoms with van der Waals surface area (Å²) in [6.07, 6.45) is 3.13. The molecule has 0 amide bonds. The molecule has 1 aliphatic heterocycles. The van der Waals surface area contributed by atoms with Gasteiger partial charge in [0, 0.05) is 23.7 Å². The van der Waals surface area contributed by atoms with Crippen LogP contribution in [-0.2, 0) is 24.2 Å². The van der Waals surface area contributed by atoms with Gasteiger partial charge in [-0.3, -0.25) is 4.98 Å². The van der Waals surface area contributed by atoms with Crippen LogP contribution in [0.3, 0.4) is 0 Å². The van der Waals surface area contributed by atoms with E-state index in [1.807, 2.05) is 23.7 Å². The largest absolute Gasteiger partial charge is 0.390 e. The fourth-order valence-electron chi connectivity index (χ4n) is 3.43. The Hall–Kier alpha value is -2.28. The highest BCUT2D eigenvalue weighted by molar-refractivity contribution is 6.30. The van der Waals surface area contributed by atoms with Crippen molar-refractivity contribution in [3.05, 3.63) is 64.3 Å². The van der Waals surface area contributed by atoms with Crippen LogP contribution in [0.2, 0.25) is 5.02 Å². The molecule has 0 saturated heterocycles. The van der Waals surface area contributed by atoms with E-state index < -0.39 is 5.82 Å². The number of hydrogen-bond acceptors (Lipinski definition) is 4. The smallest absolute Gasteiger partial charge is 0.141 e. The summed E-state index contributed by atoms with van der Waals surface area (Å²) >= 11 is 5.99. The third-order valence-corrected chi connectivity index (χ3v) is 5.01. The Morgan fingerprint density at radius 2 is 2.19 bits per heavy atom. The van der Waals surface area contributed by atoms with Crippen LogP contribution in [-0.4, -0.2) is 32.6 Å². The van der Waals surface area contributed by atoms with Crippen LogP contribution in [0.4, 0.5) is 4.39 Å². The zero-order valence-corrected chi connectivity index (χ0v) is 15.6. The lowest BCUT2D eigenvalue weighted by atomic mass is 10.0. The number of hydrogen-bond donors (Lipinski definition) is 1. The molecule has 1 aliphatic rings. The second-order valence-electron chi connectivity index (χ2n) is 6.61. The van der Waals surface area contributed by atoms with Gasteiger partial charge in [0.25, 0.3) is 0 Å². The molecule has 1 N–H and O–H groups in total. The molecule has 2 aromatic heterocycles. The molecule has 3 aromatic rings. The molecule has 0 saturated carbocycles. The van der Waals surface area contributed by atoms with Gasteiger partial charge in [0.1, 0.15) is 5.82 Å². The third-order valence-electron chi connectivity index (χ3n) is 4.72. The van der Waals surface area contributed by atoms with E-state index in [-0.39, 0.29) is 17.7 Å². The monoisotopic (exact) mass is 387 g/mol. The van der Waals surface area contributed by atoms with Gasteiger partial charge >= 0.3 is 0 Å². The first-order valence-electron chi connectivity index (χ1n) is 8.80. The van der Waals surface area contributed by atoms with E-state index in [0.717, 1.165) is 28.9 Å². The Labute approximate surface area is 161 Å². The van der Waals surface area contributed by atoms with Crippen LogP contribution in [0.25, 0.3) is 16.9 Å². The molecule has 4 rings (SSSR count). The predicted octanol–water partition coefficient (Wildman–Crippen LogP) is 3.72. The average molecular weight is 388 g/mol. The van der Waals surface area contributed by atoms with Crippen LogP contribution in [0.1, 0.15) is 23.9 Å². The molecule has 1 atom stereocenters. The Morgan fingerprint density at radius 1 is 1.33 bits per heavy atom. The van der Waals surface area contributed by atoms with Crippen molar-refractivity contribution in [2.45, 2.75) is 32.5 Å². The topological polar surface area (TPSA) is 60.2 Å². The molecule has 140 valence electrons. The van der Waals surface area contributed by atoms with Gasteiger partial charge in [-0.25, -0.2) is 9.07 Å². The lowest BCUT2D eigenvalue weighted by molar-refractivity contribution is 0.0735. The van der Waals surface area contributed by atoms with Gasteiger partial charge in [0.15, 0.2) is 0 Å². The molecule has 0 aliphatic carbocycles. The van der Waals surface area contributed by atoms with Gasteiger partial charge < -0.3 is 9.84 Å². The molecule has 1 aromatic carbocycles. The van der Waals surface area contributed by atoms with E-state index in [1.165, 1.54) is 6.07 Å². The van der Waals surface area contributed by atoms with E-state index >= 15 is 0 Å². The van der Waals surface area contributed by atoms with Crippen molar-refractivity contribution >= 4 is 11.6 Å². The Kier molecular flexibility index (Phi) is 4.95. The standard InChI is InChI=1S/C20H19ClFN3O2/c1-12-8-19-16(5-7-27-12)20(13-4-6-23-14(9-13)11-26)24-25(19)15-2-3-18(22)17(21)10-15/h2-4,6,9-10,12,26H,5,7-8,11H2,1H3/t12-/m1/s1. The molecular formula is C20H19ClFN3O2. The second kappa shape index (κ2) is 7.38. The SMILES string of the molecule is C[C@@H]1Cc2c(c(-c3ccnc(CO)c3)nn2-c2ccc(F)c(Cl)c2)CCO1. The molecule has 0 radical (unpaired) electrons. The van der Waals surface area contributed by atoms with Crippen molar-refractivity contribution in [1.82, 2.24) is 14.8 Å². The zero-order valence-electron chi connectivity index (χ0n) is 14.8. The highest BCUT2D eigenvalue weighted by atomic mass is 35.5. The summed E-state index contributed by atoms with van der Waals surface area (Å²) in [5.74, 6) is -0.461. The van der Waals surface area contributed by atoms with Crippen LogP contribution >= 0.6 is 11.6 Å². The summed E-state index contributed by atoms with van der Waals surface area (Å²) in [5, 5.41) is 14.3. The molecule has 0 unspecified atom stereocenters. The first-order valence-corrected chi connectivity index (χ1v) is 9.18. The summed E-state index contributed by atoms with van der Waals surface area (Å²) in [6, 6.07) is 8.30. The minimum atomic E-state index is -0.461. The number of ether oxygens (including phenoxy) is 1. The van der Waals surface area contributed by atoms with Gasteiger partial charge in [-0.2, -0.15) is 5.10 Å². The molecule has 0 fully saturated rings. The van der Waals surface area contributed by atoms with Crippen molar-refractivity contribution in [3.63, 3.8) is 0 Å². The maximum Gasteiger partial charge on any atom is 0.141 e. The highest BCUT2D eigenvalue weighted by Crippen LogP contribution is 2.32. The zero-order chi connectivity index (χ0) is 19.0. The van der Waals surface area contributed by atoms with E-state index in [4.69, 9.17) is 21.4 Å². The fraction of sp³-hybridized carbons (Fsp3) is 0.300. The third kappa shape index (κ3) is 3.48. The van der Waals surface area contributed by atoms with Crippen LogP contribution in [0, 0.1) is 5.82 Å². The van der Waals surface area contributed by atoms with Crippen molar-refractivity contribution in [3.8, 4) is 16.9 Å². The number of rotatable bonds is 3. The first-order chi connectivity index (χ1) is 13.1. The Balaban J connectivity index is 1.91. The van der Waals surface area contributed by atoms with Crippen molar-refractivity contribution in [2.24, 2.45) is 0 Å². The number of pyridine rings is 1. The first kappa shape index (κ1) is 18.1. The second-order valence-corrected chi connectivity index (χ2v) is 7.02. The summed E-state index contributed by atoms with van der Waals surface area (Å²) in [4.78, 5) is 4.14. The molecule has 5 nitrogen and oxygen atoms in total. The molecule has 0 spiro atoms. The molecule has 3 heterocycles. The summed E-state index contributed by atoms with van der Waals surface area (Å²) in [5.41, 5.74) is 5.11. The predicted molar refractivity (Wildman–Crippen MR) is 101 cm³/mol. The summed E-state index contributed by atoms with van der Waals surface area (Å²) < 4.78 is 21.3. The van der Waals surface area contributed by atoms with Gasteiger partial charge in [-0.05, 0) is 43.7 Å². The van der Waals surface area contributed by atoms with Crippen molar-refractivity contribution in [2.75, 3.05) is 6.61 Å². The molecule has 0 bridgehead atoms. The minimum absolute atomic E-state index is 0.0518. The number of aliphatic hydroxyl groups is 1. The number of halogens is 2. The van der Waals surface area contributed by atoms with E-state index in [9.17, 15) is 9.50 Å². The number of aromatic nitrogens is 3. The quantitative estimate of drug-likeness (QED) is 0.744. The van der Waals surface area contributed by atoms with Gasteiger partial charge in [0.05, 0.1) is 47.1 Å². The number of aliphatic hydroxyl groups excluding tert-OH is 1. The van der Waals surface area contributed by atoms with Crippen LogP contribution < -0.4 is 0 Å². The molecule has 27 heavy (non-hydrogen) atoms. The van der Waals surface area contributed by atoms with Crippen LogP contribution in [0.15, 0.2) is 36.5 Å². The molecule has 7 heteroatoms. The number of nitrogens with zero attached hydrogens (tertiary/aromatic N) is 3. The lowest BCUT2D eigenvalue weighted by Crippen LogP contribution is -2.13. The highest BCUT2D eigenvalue weighted by Gasteiger charge is 2.25. The Morgan fingerprint density at radius 3 is 2.96 bits per heavy atom. The van der Waals surface area contributed by atoms with Crippen LogP contribution in [0.5, 0.6) is 0 Å². The van der Waals surface area contributed by atoms with Gasteiger partial charge in [0.2, 0.25) is 0 Å². The van der Waals surface area contributed by atoms with Crippen molar-refractivity contribution < 1.29 is 14.2 Å². The van der Waals surface area contributed by atoms with E-state index in [0.29, 0.717) is 24.4 Å². The average Bonchev–Trinajstić information content (AvgIpc) is 2.90. The molecular weight excluding hydrogens is 369 g/mol. The minimum Gasteiger partial charge on any atom is -0.390 e. The number of benzene rings is 1. The summed E-state index contributed by atoms with van der Waals surface area (Å²) in [7, 11) is 0. The fourth-order valence-corrected chi connectivity index (χ4v) is 3.60. The maximum absolute atomic E-state index is 13.6. The van der Waals surface area contributed by atoms with Gasteiger partial charge in [-0.15, -0.1) is 0 Å². The lowest BCUT2D eigenvalue weighted by Gasteiger charge is -2.11. The maximum atomic E-state index is 13.6. The number of fused-ring (bicyclic) bond motifs is 1. The van der Waals surface area contributed by atoms with Crippen molar-refractivity contribution in [1.29, 1.82) is 0 Å². The van der Waals surface area contributed by atoms with Gasteiger partial charge in [-0.1, -0.05) is 11.6 Å². The Bertz CT molecular complexity index is 989. The normalized spacial score (nSPS) is 16.8. The van der Waals surface area contributed by atoms with E-state index in [2.05, 4.69) is 4.98 Å². The summed E-state index contributed by atoms with van der Waals surface area (Å²) in [6.45, 7) is 2.50. The van der Waals surface area contributed by atoms with E-state index in [1.54, 1.807) is 18.3 Å².